The van der Waals surface area contributed by atoms with Crippen LogP contribution in [0.2, 0.25) is 0 Å². The second kappa shape index (κ2) is 9.70. The smallest absolute Gasteiger partial charge is 0.300 e. The van der Waals surface area contributed by atoms with Crippen LogP contribution in [-0.2, 0) is 9.59 Å². The van der Waals surface area contributed by atoms with Crippen LogP contribution in [-0.4, -0.2) is 35.6 Å². The number of Topliss-reactive ketones (excluding diaryl/α,β-unsaturated/α-hetero) is 1. The molecule has 0 aromatic heterocycles. The second-order valence-corrected chi connectivity index (χ2v) is 7.83. The van der Waals surface area contributed by atoms with Crippen LogP contribution >= 0.6 is 0 Å². The van der Waals surface area contributed by atoms with Crippen LogP contribution in [0.4, 0.5) is 5.69 Å². The molecule has 1 aliphatic rings. The van der Waals surface area contributed by atoms with Gasteiger partial charge in [0.1, 0.15) is 23.0 Å². The highest BCUT2D eigenvalue weighted by Crippen LogP contribution is 2.43. The summed E-state index contributed by atoms with van der Waals surface area (Å²) in [6, 6.07) is 18.7. The van der Waals surface area contributed by atoms with E-state index in [2.05, 4.69) is 0 Å². The molecular weight excluding hydrogens is 434 g/mol. The van der Waals surface area contributed by atoms with E-state index >= 15 is 0 Å². The van der Waals surface area contributed by atoms with Gasteiger partial charge in [-0.15, -0.1) is 0 Å². The number of ketones is 1. The lowest BCUT2D eigenvalue weighted by Crippen LogP contribution is -2.29. The van der Waals surface area contributed by atoms with E-state index < -0.39 is 17.7 Å². The molecule has 1 saturated heterocycles. The number of amides is 1. The number of methoxy groups -OCH3 is 1. The maximum atomic E-state index is 13.2. The molecule has 1 atom stereocenters. The Morgan fingerprint density at radius 3 is 2.26 bits per heavy atom. The summed E-state index contributed by atoms with van der Waals surface area (Å²) in [6.07, 6.45) is 0.862. The van der Waals surface area contributed by atoms with Crippen molar-refractivity contribution in [3.63, 3.8) is 0 Å². The monoisotopic (exact) mass is 459 g/mol. The molecule has 1 aliphatic heterocycles. The molecule has 174 valence electrons. The van der Waals surface area contributed by atoms with E-state index in [-0.39, 0.29) is 17.1 Å². The van der Waals surface area contributed by atoms with Crippen molar-refractivity contribution < 1.29 is 29.3 Å². The van der Waals surface area contributed by atoms with Gasteiger partial charge in [0.25, 0.3) is 11.7 Å². The van der Waals surface area contributed by atoms with Gasteiger partial charge in [0.05, 0.1) is 25.3 Å². The number of benzene rings is 3. The minimum Gasteiger partial charge on any atom is -0.508 e. The molecule has 4 rings (SSSR count). The standard InChI is InChI=1S/C27H25NO6/c1-3-15-34-22-11-7-17(8-12-22)25(30)23-24(18-5-4-6-20(29)16-18)28(27(32)26(23)31)19-9-13-21(33-2)14-10-19/h4-14,16,24,29-30H,3,15H2,1-2H3/b25-23-. The molecule has 3 aromatic rings. The van der Waals surface area contributed by atoms with Gasteiger partial charge in [-0.25, -0.2) is 0 Å². The molecule has 7 nitrogen and oxygen atoms in total. The normalized spacial score (nSPS) is 17.1. The molecule has 7 heteroatoms. The molecule has 3 aromatic carbocycles. The van der Waals surface area contributed by atoms with Gasteiger partial charge < -0.3 is 19.7 Å². The molecule has 0 radical (unpaired) electrons. The Bertz CT molecular complexity index is 1230. The first-order chi connectivity index (χ1) is 16.4. The van der Waals surface area contributed by atoms with E-state index in [0.29, 0.717) is 34.9 Å². The maximum absolute atomic E-state index is 13.2. The lowest BCUT2D eigenvalue weighted by atomic mass is 9.95. The molecule has 2 N–H and O–H groups in total. The zero-order chi connectivity index (χ0) is 24.2. The third-order valence-corrected chi connectivity index (χ3v) is 5.58. The van der Waals surface area contributed by atoms with Crippen molar-refractivity contribution in [2.45, 2.75) is 19.4 Å². The number of rotatable bonds is 7. The van der Waals surface area contributed by atoms with E-state index in [1.165, 1.54) is 24.1 Å². The fourth-order valence-electron chi connectivity index (χ4n) is 3.94. The summed E-state index contributed by atoms with van der Waals surface area (Å²) in [5.41, 5.74) is 1.26. The molecule has 1 amide bonds. The Morgan fingerprint density at radius 2 is 1.65 bits per heavy atom. The number of carbonyl (C=O) groups excluding carboxylic acids is 2. The topological polar surface area (TPSA) is 96.3 Å². The number of hydrogen-bond donors (Lipinski definition) is 2. The number of phenols is 1. The molecule has 0 saturated carbocycles. The van der Waals surface area contributed by atoms with Crippen molar-refractivity contribution in [1.82, 2.24) is 0 Å². The van der Waals surface area contributed by atoms with E-state index in [0.717, 1.165) is 6.42 Å². The molecule has 1 heterocycles. The van der Waals surface area contributed by atoms with Gasteiger partial charge >= 0.3 is 0 Å². The van der Waals surface area contributed by atoms with Crippen LogP contribution in [0.3, 0.4) is 0 Å². The first kappa shape index (κ1) is 22.9. The Labute approximate surface area is 197 Å². The second-order valence-electron chi connectivity index (χ2n) is 7.83. The Kier molecular flexibility index (Phi) is 6.54. The average molecular weight is 459 g/mol. The van der Waals surface area contributed by atoms with Crippen molar-refractivity contribution >= 4 is 23.1 Å². The van der Waals surface area contributed by atoms with E-state index in [1.54, 1.807) is 60.7 Å². The highest BCUT2D eigenvalue weighted by Gasteiger charge is 2.47. The molecule has 0 bridgehead atoms. The summed E-state index contributed by atoms with van der Waals surface area (Å²) in [5, 5.41) is 21.3. The van der Waals surface area contributed by atoms with Crippen LogP contribution in [0.15, 0.2) is 78.4 Å². The SMILES string of the molecule is CCCOc1ccc(/C(O)=C2/C(=O)C(=O)N(c3ccc(OC)cc3)C2c2cccc(O)c2)cc1. The van der Waals surface area contributed by atoms with Gasteiger partial charge in [-0.2, -0.15) is 0 Å². The first-order valence-electron chi connectivity index (χ1n) is 10.9. The van der Waals surface area contributed by atoms with E-state index in [1.807, 2.05) is 6.92 Å². The lowest BCUT2D eigenvalue weighted by Gasteiger charge is -2.25. The minimum atomic E-state index is -0.934. The third kappa shape index (κ3) is 4.32. The minimum absolute atomic E-state index is 0.0183. The quantitative estimate of drug-likeness (QED) is 0.299. The molecule has 1 unspecified atom stereocenters. The summed E-state index contributed by atoms with van der Waals surface area (Å²) in [6.45, 7) is 2.57. The number of aliphatic hydroxyl groups excluding tert-OH is 1. The molecule has 1 fully saturated rings. The summed E-state index contributed by atoms with van der Waals surface area (Å²) >= 11 is 0. The van der Waals surface area contributed by atoms with Crippen molar-refractivity contribution in [2.24, 2.45) is 0 Å². The number of aliphatic hydroxyl groups is 1. The fourth-order valence-corrected chi connectivity index (χ4v) is 3.94. The fraction of sp³-hybridized carbons (Fsp3) is 0.185. The molecular formula is C27H25NO6. The van der Waals surface area contributed by atoms with E-state index in [4.69, 9.17) is 9.47 Å². The van der Waals surface area contributed by atoms with Crippen LogP contribution in [0.1, 0.15) is 30.5 Å². The molecule has 0 aliphatic carbocycles. The summed E-state index contributed by atoms with van der Waals surface area (Å²) in [4.78, 5) is 27.7. The largest absolute Gasteiger partial charge is 0.508 e. The Hall–Kier alpha value is -4.26. The molecule has 34 heavy (non-hydrogen) atoms. The van der Waals surface area contributed by atoms with Gasteiger partial charge in [0.15, 0.2) is 0 Å². The number of carbonyl (C=O) groups is 2. The number of ether oxygens (including phenoxy) is 2. The van der Waals surface area contributed by atoms with Crippen LogP contribution < -0.4 is 14.4 Å². The summed E-state index contributed by atoms with van der Waals surface area (Å²) in [5.74, 6) is -0.669. The third-order valence-electron chi connectivity index (χ3n) is 5.58. The number of hydrogen-bond acceptors (Lipinski definition) is 6. The zero-order valence-electron chi connectivity index (χ0n) is 18.9. The van der Waals surface area contributed by atoms with Crippen molar-refractivity contribution in [2.75, 3.05) is 18.6 Å². The average Bonchev–Trinajstić information content (AvgIpc) is 3.13. The first-order valence-corrected chi connectivity index (χ1v) is 10.9. The Morgan fingerprint density at radius 1 is 0.971 bits per heavy atom. The lowest BCUT2D eigenvalue weighted by molar-refractivity contribution is -0.132. The number of aromatic hydroxyl groups is 1. The van der Waals surface area contributed by atoms with E-state index in [9.17, 15) is 19.8 Å². The zero-order valence-corrected chi connectivity index (χ0v) is 18.9. The predicted molar refractivity (Wildman–Crippen MR) is 128 cm³/mol. The molecule has 0 spiro atoms. The van der Waals surface area contributed by atoms with Gasteiger partial charge in [-0.1, -0.05) is 19.1 Å². The maximum Gasteiger partial charge on any atom is 0.300 e. The highest BCUT2D eigenvalue weighted by molar-refractivity contribution is 6.51. The number of nitrogens with zero attached hydrogens (tertiary/aromatic N) is 1. The van der Waals surface area contributed by atoms with Gasteiger partial charge in [0, 0.05) is 11.3 Å². The van der Waals surface area contributed by atoms with Crippen LogP contribution in [0, 0.1) is 0 Å². The van der Waals surface area contributed by atoms with Crippen LogP contribution in [0.5, 0.6) is 17.2 Å². The highest BCUT2D eigenvalue weighted by atomic mass is 16.5. The van der Waals surface area contributed by atoms with Crippen LogP contribution in [0.25, 0.3) is 5.76 Å². The number of anilines is 1. The van der Waals surface area contributed by atoms with Gasteiger partial charge in [-0.05, 0) is 72.6 Å². The van der Waals surface area contributed by atoms with Crippen molar-refractivity contribution in [1.29, 1.82) is 0 Å². The van der Waals surface area contributed by atoms with Gasteiger partial charge in [-0.3, -0.25) is 14.5 Å². The van der Waals surface area contributed by atoms with Gasteiger partial charge in [0.2, 0.25) is 0 Å². The summed E-state index contributed by atoms with van der Waals surface area (Å²) in [7, 11) is 1.53. The summed E-state index contributed by atoms with van der Waals surface area (Å²) < 4.78 is 10.8. The Balaban J connectivity index is 1.84. The number of phenolic OH excluding ortho intramolecular Hbond substituents is 1. The van der Waals surface area contributed by atoms with Crippen molar-refractivity contribution in [3.8, 4) is 17.2 Å². The predicted octanol–water partition coefficient (Wildman–Crippen LogP) is 4.82. The van der Waals surface area contributed by atoms with Crippen molar-refractivity contribution in [3.05, 3.63) is 89.5 Å².